The fourth-order valence-corrected chi connectivity index (χ4v) is 3.25. The van der Waals surface area contributed by atoms with Gasteiger partial charge in [0.15, 0.2) is 0 Å². The van der Waals surface area contributed by atoms with Gasteiger partial charge in [-0.3, -0.25) is 4.68 Å². The molecule has 3 nitrogen and oxygen atoms in total. The van der Waals surface area contributed by atoms with Crippen LogP contribution in [-0.4, -0.2) is 9.78 Å². The Balaban J connectivity index is 2.47. The van der Waals surface area contributed by atoms with Crippen LogP contribution in [0.3, 0.4) is 0 Å². The van der Waals surface area contributed by atoms with Crippen molar-refractivity contribution in [2.45, 2.75) is 6.04 Å². The molecule has 2 N–H and O–H groups in total. The summed E-state index contributed by atoms with van der Waals surface area (Å²) in [6.45, 7) is 0. The fraction of sp³-hybridized carbons (Fsp3) is 0.182. The smallest absolute Gasteiger partial charge is 0.0837 e. The first kappa shape index (κ1) is 13.1. The van der Waals surface area contributed by atoms with Crippen LogP contribution >= 0.6 is 43.5 Å². The summed E-state index contributed by atoms with van der Waals surface area (Å²) >= 11 is 13.0. The van der Waals surface area contributed by atoms with Crippen LogP contribution in [-0.2, 0) is 7.05 Å². The first-order valence-corrected chi connectivity index (χ1v) is 6.85. The van der Waals surface area contributed by atoms with E-state index in [4.69, 9.17) is 17.3 Å². The molecule has 0 saturated carbocycles. The summed E-state index contributed by atoms with van der Waals surface area (Å²) < 4.78 is 3.63. The zero-order valence-corrected chi connectivity index (χ0v) is 12.9. The normalized spacial score (nSPS) is 12.8. The first-order valence-electron chi connectivity index (χ1n) is 4.88. The number of hydrogen-bond donors (Lipinski definition) is 1. The Morgan fingerprint density at radius 1 is 1.41 bits per heavy atom. The topological polar surface area (TPSA) is 43.8 Å². The highest BCUT2D eigenvalue weighted by molar-refractivity contribution is 9.11. The number of benzene rings is 1. The molecule has 90 valence electrons. The zero-order valence-electron chi connectivity index (χ0n) is 8.99. The van der Waals surface area contributed by atoms with Gasteiger partial charge in [-0.15, -0.1) is 0 Å². The van der Waals surface area contributed by atoms with Gasteiger partial charge < -0.3 is 5.73 Å². The van der Waals surface area contributed by atoms with Crippen LogP contribution in [0.2, 0.25) is 5.02 Å². The Bertz CT molecular complexity index is 534. The Morgan fingerprint density at radius 3 is 2.65 bits per heavy atom. The largest absolute Gasteiger partial charge is 0.319 e. The number of nitrogens with two attached hydrogens (primary N) is 1. The van der Waals surface area contributed by atoms with E-state index in [0.717, 1.165) is 20.2 Å². The SMILES string of the molecule is Cn1ncc(Cl)c1C(N)c1ccc(Br)cc1Br. The molecule has 1 atom stereocenters. The number of aromatic nitrogens is 2. The molecule has 0 amide bonds. The molecule has 0 radical (unpaired) electrons. The molecule has 2 rings (SSSR count). The Kier molecular flexibility index (Phi) is 3.92. The van der Waals surface area contributed by atoms with Gasteiger partial charge in [0.05, 0.1) is 23.0 Å². The van der Waals surface area contributed by atoms with Crippen molar-refractivity contribution in [3.8, 4) is 0 Å². The lowest BCUT2D eigenvalue weighted by Gasteiger charge is -2.15. The van der Waals surface area contributed by atoms with E-state index in [-0.39, 0.29) is 6.04 Å². The molecule has 1 unspecified atom stereocenters. The average Bonchev–Trinajstić information content (AvgIpc) is 2.58. The minimum absolute atomic E-state index is 0.308. The molecular formula is C11H10Br2ClN3. The van der Waals surface area contributed by atoms with Crippen LogP contribution in [0.25, 0.3) is 0 Å². The summed E-state index contributed by atoms with van der Waals surface area (Å²) in [4.78, 5) is 0. The molecule has 0 spiro atoms. The Hall–Kier alpha value is -0.360. The van der Waals surface area contributed by atoms with E-state index < -0.39 is 0 Å². The lowest BCUT2D eigenvalue weighted by Crippen LogP contribution is -2.16. The third kappa shape index (κ3) is 2.57. The van der Waals surface area contributed by atoms with Crippen molar-refractivity contribution in [1.82, 2.24) is 9.78 Å². The van der Waals surface area contributed by atoms with Crippen molar-refractivity contribution in [3.63, 3.8) is 0 Å². The van der Waals surface area contributed by atoms with Gasteiger partial charge in [-0.2, -0.15) is 5.10 Å². The predicted molar refractivity (Wildman–Crippen MR) is 76.1 cm³/mol. The van der Waals surface area contributed by atoms with E-state index in [0.29, 0.717) is 5.02 Å². The average molecular weight is 379 g/mol. The summed E-state index contributed by atoms with van der Waals surface area (Å²) in [6.07, 6.45) is 1.60. The molecule has 0 aliphatic heterocycles. The Labute approximate surface area is 121 Å². The van der Waals surface area contributed by atoms with Gasteiger partial charge in [0.25, 0.3) is 0 Å². The molecule has 1 aromatic carbocycles. The lowest BCUT2D eigenvalue weighted by molar-refractivity contribution is 0.672. The molecule has 17 heavy (non-hydrogen) atoms. The molecule has 1 aromatic heterocycles. The van der Waals surface area contributed by atoms with Gasteiger partial charge in [-0.25, -0.2) is 0 Å². The van der Waals surface area contributed by atoms with Gasteiger partial charge in [-0.1, -0.05) is 49.5 Å². The highest BCUT2D eigenvalue weighted by Crippen LogP contribution is 2.31. The lowest BCUT2D eigenvalue weighted by atomic mass is 10.0. The fourth-order valence-electron chi connectivity index (χ4n) is 1.67. The van der Waals surface area contributed by atoms with E-state index in [2.05, 4.69) is 37.0 Å². The standard InChI is InChI=1S/C11H10Br2ClN3/c1-17-11(9(14)5-16-17)10(15)7-3-2-6(12)4-8(7)13/h2-5,10H,15H2,1H3. The molecular weight excluding hydrogens is 369 g/mol. The maximum atomic E-state index is 6.22. The van der Waals surface area contributed by atoms with Gasteiger partial charge in [0.2, 0.25) is 0 Å². The molecule has 6 heteroatoms. The molecule has 1 heterocycles. The maximum Gasteiger partial charge on any atom is 0.0837 e. The third-order valence-electron chi connectivity index (χ3n) is 2.53. The van der Waals surface area contributed by atoms with Crippen LogP contribution in [0.5, 0.6) is 0 Å². The van der Waals surface area contributed by atoms with Crippen molar-refractivity contribution in [2.75, 3.05) is 0 Å². The molecule has 0 aliphatic rings. The molecule has 0 bridgehead atoms. The van der Waals surface area contributed by atoms with Crippen LogP contribution < -0.4 is 5.73 Å². The van der Waals surface area contributed by atoms with Crippen molar-refractivity contribution in [1.29, 1.82) is 0 Å². The summed E-state index contributed by atoms with van der Waals surface area (Å²) in [7, 11) is 1.83. The number of nitrogens with zero attached hydrogens (tertiary/aromatic N) is 2. The molecule has 0 fully saturated rings. The second kappa shape index (κ2) is 5.10. The summed E-state index contributed by atoms with van der Waals surface area (Å²) in [5, 5.41) is 4.67. The second-order valence-electron chi connectivity index (χ2n) is 3.64. The van der Waals surface area contributed by atoms with Gasteiger partial charge in [-0.05, 0) is 17.7 Å². The van der Waals surface area contributed by atoms with E-state index in [9.17, 15) is 0 Å². The highest BCUT2D eigenvalue weighted by atomic mass is 79.9. The van der Waals surface area contributed by atoms with Crippen molar-refractivity contribution >= 4 is 43.5 Å². The highest BCUT2D eigenvalue weighted by Gasteiger charge is 2.19. The van der Waals surface area contributed by atoms with Crippen LogP contribution in [0, 0.1) is 0 Å². The van der Waals surface area contributed by atoms with Gasteiger partial charge >= 0.3 is 0 Å². The van der Waals surface area contributed by atoms with Crippen LogP contribution in [0.15, 0.2) is 33.3 Å². The monoisotopic (exact) mass is 377 g/mol. The van der Waals surface area contributed by atoms with Crippen LogP contribution in [0.1, 0.15) is 17.3 Å². The molecule has 2 aromatic rings. The maximum absolute atomic E-state index is 6.22. The quantitative estimate of drug-likeness (QED) is 0.866. The summed E-state index contributed by atoms with van der Waals surface area (Å²) in [6, 6.07) is 5.56. The number of rotatable bonds is 2. The first-order chi connectivity index (χ1) is 8.00. The van der Waals surface area contributed by atoms with E-state index in [1.165, 1.54) is 0 Å². The Morgan fingerprint density at radius 2 is 2.12 bits per heavy atom. The number of hydrogen-bond acceptors (Lipinski definition) is 2. The number of aryl methyl sites for hydroxylation is 1. The van der Waals surface area contributed by atoms with Crippen molar-refractivity contribution < 1.29 is 0 Å². The van der Waals surface area contributed by atoms with Gasteiger partial charge in [0, 0.05) is 16.0 Å². The molecule has 0 aliphatic carbocycles. The van der Waals surface area contributed by atoms with Crippen LogP contribution in [0.4, 0.5) is 0 Å². The van der Waals surface area contributed by atoms with Gasteiger partial charge in [0.1, 0.15) is 0 Å². The van der Waals surface area contributed by atoms with E-state index in [1.807, 2.05) is 25.2 Å². The van der Waals surface area contributed by atoms with Crippen molar-refractivity contribution in [3.05, 3.63) is 49.6 Å². The minimum Gasteiger partial charge on any atom is -0.319 e. The summed E-state index contributed by atoms with van der Waals surface area (Å²) in [5.41, 5.74) is 7.99. The van der Waals surface area contributed by atoms with E-state index >= 15 is 0 Å². The second-order valence-corrected chi connectivity index (χ2v) is 5.82. The molecule has 0 saturated heterocycles. The number of halogens is 3. The summed E-state index contributed by atoms with van der Waals surface area (Å²) in [5.74, 6) is 0. The van der Waals surface area contributed by atoms with E-state index in [1.54, 1.807) is 10.9 Å². The predicted octanol–water partition coefficient (Wildman–Crippen LogP) is 3.65. The van der Waals surface area contributed by atoms with Crippen molar-refractivity contribution in [2.24, 2.45) is 12.8 Å². The zero-order chi connectivity index (χ0) is 12.6. The third-order valence-corrected chi connectivity index (χ3v) is 4.00. The minimum atomic E-state index is -0.308.